The van der Waals surface area contributed by atoms with Gasteiger partial charge in [-0.2, -0.15) is 0 Å². The highest BCUT2D eigenvalue weighted by atomic mass is 33.7. The van der Waals surface area contributed by atoms with Gasteiger partial charge in [-0.25, -0.2) is 0 Å². The Bertz CT molecular complexity index is 219. The van der Waals surface area contributed by atoms with Gasteiger partial charge < -0.3 is 8.85 Å². The van der Waals surface area contributed by atoms with Crippen LogP contribution in [0.3, 0.4) is 0 Å². The molecule has 0 aliphatic carbocycles. The van der Waals surface area contributed by atoms with E-state index in [1.165, 1.54) is 36.4 Å². The third-order valence-electron chi connectivity index (χ3n) is 3.24. The second-order valence-electron chi connectivity index (χ2n) is 5.91. The van der Waals surface area contributed by atoms with Crippen molar-refractivity contribution in [2.24, 2.45) is 0 Å². The van der Waals surface area contributed by atoms with Crippen LogP contribution in [0, 0.1) is 0 Å². The van der Waals surface area contributed by atoms with Crippen molar-refractivity contribution < 1.29 is 8.85 Å². The summed E-state index contributed by atoms with van der Waals surface area (Å²) in [6, 6.07) is 2.54. The van der Waals surface area contributed by atoms with Gasteiger partial charge in [0, 0.05) is 25.7 Å². The molecule has 0 unspecified atom stereocenters. The Balaban J connectivity index is 3.26. The van der Waals surface area contributed by atoms with E-state index in [-0.39, 0.29) is 0 Å². The summed E-state index contributed by atoms with van der Waals surface area (Å²) in [5, 5.41) is 0. The summed E-state index contributed by atoms with van der Waals surface area (Å²) in [4.78, 5) is 0. The van der Waals surface area contributed by atoms with Crippen LogP contribution in [0.5, 0.6) is 0 Å². The summed E-state index contributed by atoms with van der Waals surface area (Å²) in [7, 11) is 8.87. The molecule has 0 N–H and O–H groups in total. The maximum absolute atomic E-state index is 5.55. The maximum Gasteiger partial charge on any atom is 0.186 e. The Morgan fingerprint density at radius 2 is 1.05 bits per heavy atom. The van der Waals surface area contributed by atoms with Crippen molar-refractivity contribution in [3.05, 3.63) is 0 Å². The quantitative estimate of drug-likeness (QED) is 0.212. The SMILES string of the molecule is CO[Si](C)(C)CCCSSSSCCC[Si](C)(C)OC. The molecule has 0 saturated carbocycles. The van der Waals surface area contributed by atoms with E-state index in [2.05, 4.69) is 26.2 Å². The fraction of sp³-hybridized carbons (Fsp3) is 1.00. The summed E-state index contributed by atoms with van der Waals surface area (Å²) >= 11 is 0. The predicted octanol–water partition coefficient (Wildman–Crippen LogP) is 6.15. The number of hydrogen-bond donors (Lipinski definition) is 0. The van der Waals surface area contributed by atoms with Gasteiger partial charge in [0.25, 0.3) is 0 Å². The van der Waals surface area contributed by atoms with E-state index >= 15 is 0 Å². The normalized spacial score (nSPS) is 12.9. The minimum Gasteiger partial charge on any atom is -0.420 e. The minimum absolute atomic E-state index is 1.24. The van der Waals surface area contributed by atoms with Gasteiger partial charge in [0.05, 0.1) is 0 Å². The maximum atomic E-state index is 5.55. The molecule has 0 radical (unpaired) electrons. The first-order valence-corrected chi connectivity index (χ1v) is 18.4. The monoisotopic (exact) mass is 390 g/mol. The zero-order chi connectivity index (χ0) is 15.5. The van der Waals surface area contributed by atoms with Crippen molar-refractivity contribution in [2.75, 3.05) is 25.7 Å². The molecule has 0 aliphatic rings. The molecular weight excluding hydrogens is 361 g/mol. The molecule has 0 aromatic heterocycles. The molecule has 0 rings (SSSR count). The Labute approximate surface area is 143 Å². The summed E-state index contributed by atoms with van der Waals surface area (Å²) in [6.45, 7) is 9.17. The minimum atomic E-state index is -1.33. The first-order valence-electron chi connectivity index (χ1n) is 7.01. The second-order valence-corrected chi connectivity index (χ2v) is 21.0. The molecule has 0 fully saturated rings. The molecule has 0 heterocycles. The fourth-order valence-electron chi connectivity index (χ4n) is 1.43. The van der Waals surface area contributed by atoms with Crippen LogP contribution in [0.2, 0.25) is 38.3 Å². The number of rotatable bonds is 13. The van der Waals surface area contributed by atoms with Gasteiger partial charge >= 0.3 is 0 Å². The van der Waals surface area contributed by atoms with Crippen LogP contribution in [0.25, 0.3) is 0 Å². The molecular formula is C12H30O2S4Si2. The zero-order valence-corrected chi connectivity index (χ0v) is 19.0. The van der Waals surface area contributed by atoms with Gasteiger partial charge in [-0.05, 0) is 70.8 Å². The van der Waals surface area contributed by atoms with Crippen LogP contribution in [0.15, 0.2) is 0 Å². The lowest BCUT2D eigenvalue weighted by Crippen LogP contribution is -2.28. The van der Waals surface area contributed by atoms with E-state index < -0.39 is 16.6 Å². The van der Waals surface area contributed by atoms with E-state index in [0.29, 0.717) is 0 Å². The van der Waals surface area contributed by atoms with Crippen LogP contribution in [0.1, 0.15) is 12.8 Å². The van der Waals surface area contributed by atoms with Gasteiger partial charge in [0.1, 0.15) is 0 Å². The molecule has 0 spiro atoms. The molecule has 0 atom stereocenters. The Hall–Kier alpha value is 1.75. The molecule has 20 heavy (non-hydrogen) atoms. The van der Waals surface area contributed by atoms with E-state index in [1.807, 2.05) is 55.5 Å². The Morgan fingerprint density at radius 1 is 0.700 bits per heavy atom. The second kappa shape index (κ2) is 12.2. The lowest BCUT2D eigenvalue weighted by Gasteiger charge is -2.19. The highest BCUT2D eigenvalue weighted by Crippen LogP contribution is 2.43. The molecule has 0 bridgehead atoms. The average molecular weight is 391 g/mol. The van der Waals surface area contributed by atoms with E-state index in [1.54, 1.807) is 0 Å². The van der Waals surface area contributed by atoms with Crippen LogP contribution < -0.4 is 0 Å². The van der Waals surface area contributed by atoms with E-state index in [9.17, 15) is 0 Å². The Kier molecular flexibility index (Phi) is 13.3. The lowest BCUT2D eigenvalue weighted by molar-refractivity contribution is 0.402. The standard InChI is InChI=1S/C12H30O2S4Si2/c1-13-19(3,4)11-7-9-15-17-18-16-10-8-12-20(5,6)14-2/h7-12H2,1-6H3. The smallest absolute Gasteiger partial charge is 0.186 e. The molecule has 0 aliphatic heterocycles. The van der Waals surface area contributed by atoms with Gasteiger partial charge in [-0.1, -0.05) is 21.6 Å². The molecule has 122 valence electrons. The van der Waals surface area contributed by atoms with Gasteiger partial charge in [-0.15, -0.1) is 0 Å². The topological polar surface area (TPSA) is 18.5 Å². The van der Waals surface area contributed by atoms with Crippen LogP contribution in [-0.2, 0) is 8.85 Å². The molecule has 0 aromatic rings. The van der Waals surface area contributed by atoms with Gasteiger partial charge in [0.2, 0.25) is 0 Å². The van der Waals surface area contributed by atoms with E-state index in [4.69, 9.17) is 8.85 Å². The summed E-state index contributed by atoms with van der Waals surface area (Å²) in [5.74, 6) is 2.48. The molecule has 0 amide bonds. The summed E-state index contributed by atoms with van der Waals surface area (Å²) in [6.07, 6.45) is 2.56. The number of hydrogen-bond acceptors (Lipinski definition) is 6. The first kappa shape index (κ1) is 21.8. The average Bonchev–Trinajstić information content (AvgIpc) is 2.41. The zero-order valence-electron chi connectivity index (χ0n) is 13.7. The van der Waals surface area contributed by atoms with Gasteiger partial charge in [-0.3, -0.25) is 0 Å². The van der Waals surface area contributed by atoms with Crippen molar-refractivity contribution in [1.29, 1.82) is 0 Å². The van der Waals surface area contributed by atoms with Crippen molar-refractivity contribution >= 4 is 57.9 Å². The van der Waals surface area contributed by atoms with Gasteiger partial charge in [0.15, 0.2) is 16.6 Å². The van der Waals surface area contributed by atoms with Crippen molar-refractivity contribution in [1.82, 2.24) is 0 Å². The van der Waals surface area contributed by atoms with E-state index in [0.717, 1.165) is 0 Å². The van der Waals surface area contributed by atoms with Crippen molar-refractivity contribution in [3.63, 3.8) is 0 Å². The third kappa shape index (κ3) is 13.4. The predicted molar refractivity (Wildman–Crippen MR) is 108 cm³/mol. The molecule has 0 aromatic carbocycles. The first-order chi connectivity index (χ1) is 9.33. The molecule has 8 heteroatoms. The largest absolute Gasteiger partial charge is 0.420 e. The van der Waals surface area contributed by atoms with Crippen LogP contribution >= 0.6 is 41.2 Å². The third-order valence-corrected chi connectivity index (χ3v) is 15.2. The van der Waals surface area contributed by atoms with Crippen molar-refractivity contribution in [2.45, 2.75) is 51.1 Å². The van der Waals surface area contributed by atoms with Crippen molar-refractivity contribution in [3.8, 4) is 0 Å². The summed E-state index contributed by atoms with van der Waals surface area (Å²) < 4.78 is 11.1. The summed E-state index contributed by atoms with van der Waals surface area (Å²) in [5.41, 5.74) is 0. The Morgan fingerprint density at radius 3 is 1.35 bits per heavy atom. The lowest BCUT2D eigenvalue weighted by atomic mass is 10.6. The van der Waals surface area contributed by atoms with Crippen LogP contribution in [0.4, 0.5) is 0 Å². The molecule has 0 saturated heterocycles. The highest BCUT2D eigenvalue weighted by molar-refractivity contribution is 9.26. The fourth-order valence-corrected chi connectivity index (χ4v) is 10.5. The van der Waals surface area contributed by atoms with Crippen LogP contribution in [-0.4, -0.2) is 42.4 Å². The highest BCUT2D eigenvalue weighted by Gasteiger charge is 2.20. The molecule has 2 nitrogen and oxygen atoms in total.